The molecule has 0 fully saturated rings. The summed E-state index contributed by atoms with van der Waals surface area (Å²) in [5, 5.41) is 3.31. The second kappa shape index (κ2) is 2.90. The van der Waals surface area contributed by atoms with Crippen LogP contribution >= 0.6 is 0 Å². The number of rotatable bonds is 0. The molecule has 1 rings (SSSR count). The zero-order valence-corrected chi connectivity index (χ0v) is 6.78. The van der Waals surface area contributed by atoms with E-state index in [0.717, 1.165) is 6.54 Å². The van der Waals surface area contributed by atoms with Gasteiger partial charge in [-0.05, 0) is 26.3 Å². The average molecular weight is 135 g/mol. The molecular formula is C9H13N. The van der Waals surface area contributed by atoms with E-state index in [1.165, 1.54) is 11.1 Å². The lowest BCUT2D eigenvalue weighted by atomic mass is 10.1. The van der Waals surface area contributed by atoms with Gasteiger partial charge in [0.1, 0.15) is 0 Å². The normalized spacial score (nSPS) is 24.5. The van der Waals surface area contributed by atoms with E-state index >= 15 is 0 Å². The van der Waals surface area contributed by atoms with Crippen molar-refractivity contribution in [3.63, 3.8) is 0 Å². The van der Waals surface area contributed by atoms with Gasteiger partial charge in [-0.15, -0.1) is 5.92 Å². The fourth-order valence-corrected chi connectivity index (χ4v) is 1.10. The third-order valence-corrected chi connectivity index (χ3v) is 1.97. The van der Waals surface area contributed by atoms with Crippen molar-refractivity contribution in [2.24, 2.45) is 0 Å². The Balaban J connectivity index is 2.74. The number of hydrogen-bond donors (Lipinski definition) is 1. The van der Waals surface area contributed by atoms with Gasteiger partial charge in [-0.3, -0.25) is 5.32 Å². The molecule has 1 aliphatic rings. The molecule has 0 aromatic heterocycles. The predicted octanol–water partition coefficient (Wildman–Crippen LogP) is 1.32. The quantitative estimate of drug-likeness (QED) is 0.390. The Morgan fingerprint density at radius 3 is 2.60 bits per heavy atom. The van der Waals surface area contributed by atoms with Gasteiger partial charge in [0.15, 0.2) is 0 Å². The van der Waals surface area contributed by atoms with Crippen molar-refractivity contribution in [1.82, 2.24) is 5.32 Å². The monoisotopic (exact) mass is 135 g/mol. The van der Waals surface area contributed by atoms with Gasteiger partial charge in [-0.1, -0.05) is 11.5 Å². The van der Waals surface area contributed by atoms with Crippen molar-refractivity contribution in [3.05, 3.63) is 11.1 Å². The van der Waals surface area contributed by atoms with Crippen LogP contribution in [0.25, 0.3) is 0 Å². The second-order valence-corrected chi connectivity index (χ2v) is 2.67. The summed E-state index contributed by atoms with van der Waals surface area (Å²) in [6.07, 6.45) is 0. The minimum Gasteiger partial charge on any atom is -0.296 e. The maximum atomic E-state index is 3.31. The largest absolute Gasteiger partial charge is 0.296 e. The molecule has 1 heterocycles. The Kier molecular flexibility index (Phi) is 2.13. The zero-order valence-electron chi connectivity index (χ0n) is 6.78. The van der Waals surface area contributed by atoms with Gasteiger partial charge < -0.3 is 0 Å². The highest BCUT2D eigenvalue weighted by atomic mass is 14.9. The first kappa shape index (κ1) is 7.37. The highest BCUT2D eigenvalue weighted by molar-refractivity contribution is 5.32. The van der Waals surface area contributed by atoms with E-state index in [4.69, 9.17) is 0 Å². The smallest absolute Gasteiger partial charge is 0.0908 e. The van der Waals surface area contributed by atoms with Crippen LogP contribution in [-0.2, 0) is 0 Å². The van der Waals surface area contributed by atoms with E-state index in [9.17, 15) is 0 Å². The van der Waals surface area contributed by atoms with E-state index in [2.05, 4.69) is 31.0 Å². The molecule has 10 heavy (non-hydrogen) atoms. The van der Waals surface area contributed by atoms with Gasteiger partial charge in [0, 0.05) is 6.54 Å². The van der Waals surface area contributed by atoms with Crippen LogP contribution in [0.3, 0.4) is 0 Å². The molecule has 0 amide bonds. The standard InChI is InChI=1S/C9H13N/c1-4-5-9-8(3)7(2)6-10-9/h9-10H,6H2,1-3H3. The SMILES string of the molecule is CC#CC1NCC(C)=C1C. The fraction of sp³-hybridized carbons (Fsp3) is 0.556. The minimum absolute atomic E-state index is 0.324. The molecule has 0 spiro atoms. The molecule has 0 aromatic carbocycles. The molecule has 54 valence electrons. The average Bonchev–Trinajstić information content (AvgIpc) is 2.20. The summed E-state index contributed by atoms with van der Waals surface area (Å²) in [4.78, 5) is 0. The van der Waals surface area contributed by atoms with Gasteiger partial charge in [0.05, 0.1) is 6.04 Å². The molecule has 1 aliphatic heterocycles. The van der Waals surface area contributed by atoms with Gasteiger partial charge in [-0.2, -0.15) is 0 Å². The molecule has 0 saturated carbocycles. The third-order valence-electron chi connectivity index (χ3n) is 1.97. The van der Waals surface area contributed by atoms with Crippen LogP contribution in [0.15, 0.2) is 11.1 Å². The minimum atomic E-state index is 0.324. The summed E-state index contributed by atoms with van der Waals surface area (Å²) >= 11 is 0. The van der Waals surface area contributed by atoms with Crippen LogP contribution in [-0.4, -0.2) is 12.6 Å². The van der Waals surface area contributed by atoms with E-state index in [0.29, 0.717) is 6.04 Å². The van der Waals surface area contributed by atoms with Crippen LogP contribution in [0.2, 0.25) is 0 Å². The van der Waals surface area contributed by atoms with Crippen molar-refractivity contribution in [3.8, 4) is 11.8 Å². The molecule has 1 N–H and O–H groups in total. The zero-order chi connectivity index (χ0) is 7.56. The van der Waals surface area contributed by atoms with E-state index in [1.807, 2.05) is 6.92 Å². The summed E-state index contributed by atoms with van der Waals surface area (Å²) in [5.74, 6) is 6.02. The fourth-order valence-electron chi connectivity index (χ4n) is 1.10. The molecule has 1 unspecified atom stereocenters. The molecule has 1 heteroatoms. The van der Waals surface area contributed by atoms with Crippen molar-refractivity contribution in [2.75, 3.05) is 6.54 Å². The van der Waals surface area contributed by atoms with Crippen LogP contribution in [0.4, 0.5) is 0 Å². The Morgan fingerprint density at radius 2 is 2.20 bits per heavy atom. The maximum Gasteiger partial charge on any atom is 0.0908 e. The molecule has 1 nitrogen and oxygen atoms in total. The highest BCUT2D eigenvalue weighted by Crippen LogP contribution is 2.13. The number of nitrogens with one attached hydrogen (secondary N) is 1. The van der Waals surface area contributed by atoms with Crippen LogP contribution in [0, 0.1) is 11.8 Å². The van der Waals surface area contributed by atoms with Gasteiger partial charge >= 0.3 is 0 Å². The van der Waals surface area contributed by atoms with E-state index < -0.39 is 0 Å². The molecule has 0 aromatic rings. The summed E-state index contributed by atoms with van der Waals surface area (Å²) < 4.78 is 0. The summed E-state index contributed by atoms with van der Waals surface area (Å²) in [5.41, 5.74) is 2.84. The van der Waals surface area contributed by atoms with Gasteiger partial charge in [-0.25, -0.2) is 0 Å². The Hall–Kier alpha value is -0.740. The van der Waals surface area contributed by atoms with E-state index in [1.54, 1.807) is 0 Å². The lowest BCUT2D eigenvalue weighted by molar-refractivity contribution is 0.772. The molecule has 1 atom stereocenters. The van der Waals surface area contributed by atoms with Crippen molar-refractivity contribution in [2.45, 2.75) is 26.8 Å². The van der Waals surface area contributed by atoms with E-state index in [-0.39, 0.29) is 0 Å². The topological polar surface area (TPSA) is 12.0 Å². The summed E-state index contributed by atoms with van der Waals surface area (Å²) in [6, 6.07) is 0.324. The summed E-state index contributed by atoms with van der Waals surface area (Å²) in [7, 11) is 0. The third kappa shape index (κ3) is 1.22. The Bertz CT molecular complexity index is 215. The van der Waals surface area contributed by atoms with Crippen LogP contribution < -0.4 is 5.32 Å². The van der Waals surface area contributed by atoms with Crippen molar-refractivity contribution >= 4 is 0 Å². The molecule has 0 saturated heterocycles. The number of hydrogen-bond acceptors (Lipinski definition) is 1. The Morgan fingerprint density at radius 1 is 1.50 bits per heavy atom. The molecule has 0 aliphatic carbocycles. The lowest BCUT2D eigenvalue weighted by Gasteiger charge is -2.01. The van der Waals surface area contributed by atoms with Gasteiger partial charge in [0.25, 0.3) is 0 Å². The lowest BCUT2D eigenvalue weighted by Crippen LogP contribution is -2.22. The molecular weight excluding hydrogens is 122 g/mol. The molecule has 0 radical (unpaired) electrons. The van der Waals surface area contributed by atoms with Crippen LogP contribution in [0.1, 0.15) is 20.8 Å². The molecule has 0 bridgehead atoms. The Labute approximate surface area is 62.5 Å². The predicted molar refractivity (Wildman–Crippen MR) is 43.6 cm³/mol. The van der Waals surface area contributed by atoms with Crippen molar-refractivity contribution in [1.29, 1.82) is 0 Å². The first-order chi connectivity index (χ1) is 4.75. The highest BCUT2D eigenvalue weighted by Gasteiger charge is 2.15. The van der Waals surface area contributed by atoms with Crippen LogP contribution in [0.5, 0.6) is 0 Å². The first-order valence-electron chi connectivity index (χ1n) is 3.57. The second-order valence-electron chi connectivity index (χ2n) is 2.67. The first-order valence-corrected chi connectivity index (χ1v) is 3.57. The van der Waals surface area contributed by atoms with Gasteiger partial charge in [0.2, 0.25) is 0 Å². The summed E-state index contributed by atoms with van der Waals surface area (Å²) in [6.45, 7) is 7.18. The maximum absolute atomic E-state index is 3.31. The van der Waals surface area contributed by atoms with Crippen molar-refractivity contribution < 1.29 is 0 Å².